The van der Waals surface area contributed by atoms with Crippen molar-refractivity contribution in [3.05, 3.63) is 50.8 Å². The molecule has 0 saturated heterocycles. The first kappa shape index (κ1) is 20.2. The van der Waals surface area contributed by atoms with Gasteiger partial charge < -0.3 is 14.0 Å². The molecular weight excluding hydrogens is 386 g/mol. The number of nitrogens with zero attached hydrogens (tertiary/aromatic N) is 2. The van der Waals surface area contributed by atoms with Crippen molar-refractivity contribution in [2.75, 3.05) is 13.2 Å². The Bertz CT molecular complexity index is 1130. The zero-order chi connectivity index (χ0) is 20.7. The molecule has 2 aromatic rings. The summed E-state index contributed by atoms with van der Waals surface area (Å²) in [5.74, 6) is 1.21. The fourth-order valence-corrected chi connectivity index (χ4v) is 4.25. The summed E-state index contributed by atoms with van der Waals surface area (Å²) in [6.45, 7) is 3.96. The highest BCUT2D eigenvalue weighted by atomic mass is 32.2. The van der Waals surface area contributed by atoms with Gasteiger partial charge >= 0.3 is 5.69 Å². The van der Waals surface area contributed by atoms with Crippen LogP contribution in [-0.2, 0) is 30.5 Å². The summed E-state index contributed by atoms with van der Waals surface area (Å²) < 4.78 is 40.6. The second-order valence-electron chi connectivity index (χ2n) is 7.28. The summed E-state index contributed by atoms with van der Waals surface area (Å²) in [6.07, 6.45) is 1.77. The van der Waals surface area contributed by atoms with Gasteiger partial charge in [0.15, 0.2) is 16.4 Å². The van der Waals surface area contributed by atoms with Gasteiger partial charge in [0.2, 0.25) is 10.0 Å². The van der Waals surface area contributed by atoms with Crippen molar-refractivity contribution in [2.45, 2.75) is 30.8 Å². The van der Waals surface area contributed by atoms with Crippen LogP contribution < -0.4 is 25.4 Å². The van der Waals surface area contributed by atoms with Crippen LogP contribution in [-0.4, -0.2) is 36.3 Å². The van der Waals surface area contributed by atoms with E-state index in [2.05, 4.69) is 4.72 Å². The summed E-state index contributed by atoms with van der Waals surface area (Å²) in [6, 6.07) is 5.59. The van der Waals surface area contributed by atoms with E-state index in [1.54, 1.807) is 6.07 Å². The molecule has 0 spiro atoms. The highest BCUT2D eigenvalue weighted by Crippen LogP contribution is 2.41. The van der Waals surface area contributed by atoms with Crippen molar-refractivity contribution in [3.63, 3.8) is 0 Å². The number of ether oxygens (including phenoxy) is 2. The van der Waals surface area contributed by atoms with E-state index < -0.39 is 26.2 Å². The van der Waals surface area contributed by atoms with Gasteiger partial charge in [-0.15, -0.1) is 0 Å². The van der Waals surface area contributed by atoms with E-state index in [0.717, 1.165) is 27.3 Å². The number of fused-ring (bicyclic) bond motifs is 1. The molecular formula is C18H23N3O6S. The predicted molar refractivity (Wildman–Crippen MR) is 102 cm³/mol. The summed E-state index contributed by atoms with van der Waals surface area (Å²) in [7, 11) is -1.49. The normalized spacial score (nSPS) is 15.1. The van der Waals surface area contributed by atoms with Crippen molar-refractivity contribution < 1.29 is 17.9 Å². The number of hydrogen-bond donors (Lipinski definition) is 1. The minimum absolute atomic E-state index is 0.0472. The van der Waals surface area contributed by atoms with Gasteiger partial charge in [-0.05, 0) is 19.9 Å². The van der Waals surface area contributed by atoms with Crippen LogP contribution >= 0.6 is 0 Å². The maximum Gasteiger partial charge on any atom is 0.330 e. The first-order chi connectivity index (χ1) is 13.0. The standard InChI is InChI=1S/C18H23N3O6S/c1-18(2)10-12-6-5-7-13(15(12)27-18)26-9-8-19-28(24,25)14-11-20(3)17(23)21(4)16(14)22/h5-7,11,19H,8-10H2,1-4H3. The molecule has 0 radical (unpaired) electrons. The quantitative estimate of drug-likeness (QED) is 0.681. The van der Waals surface area contributed by atoms with Crippen LogP contribution in [0.4, 0.5) is 0 Å². The number of benzene rings is 1. The Kier molecular flexibility index (Phi) is 5.11. The largest absolute Gasteiger partial charge is 0.488 e. The van der Waals surface area contributed by atoms with E-state index >= 15 is 0 Å². The van der Waals surface area contributed by atoms with Crippen molar-refractivity contribution >= 4 is 10.0 Å². The first-order valence-corrected chi connectivity index (χ1v) is 10.2. The van der Waals surface area contributed by atoms with Crippen LogP contribution in [0.3, 0.4) is 0 Å². The lowest BCUT2D eigenvalue weighted by atomic mass is 10.0. The van der Waals surface area contributed by atoms with Crippen LogP contribution in [0.15, 0.2) is 38.9 Å². The maximum atomic E-state index is 12.4. The molecule has 28 heavy (non-hydrogen) atoms. The molecule has 2 heterocycles. The zero-order valence-corrected chi connectivity index (χ0v) is 17.0. The Morgan fingerprint density at radius 2 is 1.96 bits per heavy atom. The lowest BCUT2D eigenvalue weighted by Gasteiger charge is -2.18. The van der Waals surface area contributed by atoms with Gasteiger partial charge in [0.25, 0.3) is 5.56 Å². The van der Waals surface area contributed by atoms with Crippen LogP contribution in [0.2, 0.25) is 0 Å². The molecule has 3 rings (SSSR count). The number of hydrogen-bond acceptors (Lipinski definition) is 6. The molecule has 0 bridgehead atoms. The third kappa shape index (κ3) is 3.83. The third-order valence-corrected chi connectivity index (χ3v) is 5.85. The van der Waals surface area contributed by atoms with Gasteiger partial charge in [-0.2, -0.15) is 0 Å². The molecule has 1 aliphatic rings. The number of rotatable bonds is 6. The molecule has 152 valence electrons. The fourth-order valence-electron chi connectivity index (χ4n) is 3.08. The van der Waals surface area contributed by atoms with Gasteiger partial charge in [0.1, 0.15) is 12.2 Å². The van der Waals surface area contributed by atoms with Gasteiger partial charge in [-0.1, -0.05) is 12.1 Å². The summed E-state index contributed by atoms with van der Waals surface area (Å²) >= 11 is 0. The molecule has 1 aliphatic heterocycles. The number of aromatic nitrogens is 2. The Morgan fingerprint density at radius 1 is 1.25 bits per heavy atom. The average molecular weight is 409 g/mol. The van der Waals surface area contributed by atoms with Gasteiger partial charge in [-0.3, -0.25) is 9.36 Å². The molecule has 1 aromatic carbocycles. The minimum Gasteiger partial charge on any atom is -0.488 e. The zero-order valence-electron chi connectivity index (χ0n) is 16.2. The summed E-state index contributed by atoms with van der Waals surface area (Å²) in [5.41, 5.74) is -0.759. The van der Waals surface area contributed by atoms with Crippen molar-refractivity contribution in [1.82, 2.24) is 13.9 Å². The second-order valence-corrected chi connectivity index (χ2v) is 9.02. The highest BCUT2D eigenvalue weighted by Gasteiger charge is 2.32. The van der Waals surface area contributed by atoms with Crippen molar-refractivity contribution in [1.29, 1.82) is 0 Å². The lowest BCUT2D eigenvalue weighted by Crippen LogP contribution is -2.42. The predicted octanol–water partition coefficient (Wildman–Crippen LogP) is 0.155. The molecule has 0 fully saturated rings. The SMILES string of the molecule is Cn1cc(S(=O)(=O)NCCOc2cccc3c2OC(C)(C)C3)c(=O)n(C)c1=O. The van der Waals surface area contributed by atoms with Crippen LogP contribution in [0.5, 0.6) is 11.5 Å². The highest BCUT2D eigenvalue weighted by molar-refractivity contribution is 7.89. The number of aryl methyl sites for hydroxylation is 1. The van der Waals surface area contributed by atoms with E-state index in [9.17, 15) is 18.0 Å². The molecule has 0 atom stereocenters. The minimum atomic E-state index is -4.09. The monoisotopic (exact) mass is 409 g/mol. The number of nitrogens with one attached hydrogen (secondary N) is 1. The van der Waals surface area contributed by atoms with E-state index in [1.165, 1.54) is 14.1 Å². The number of para-hydroxylation sites is 1. The Labute approximate surface area is 162 Å². The van der Waals surface area contributed by atoms with Gasteiger partial charge in [-0.25, -0.2) is 17.9 Å². The molecule has 0 amide bonds. The summed E-state index contributed by atoms with van der Waals surface area (Å²) in [5, 5.41) is 0. The molecule has 0 aliphatic carbocycles. The van der Waals surface area contributed by atoms with E-state index in [1.807, 2.05) is 26.0 Å². The smallest absolute Gasteiger partial charge is 0.330 e. The number of sulfonamides is 1. The molecule has 0 saturated carbocycles. The Balaban J connectivity index is 1.68. The molecule has 10 heteroatoms. The molecule has 0 unspecified atom stereocenters. The molecule has 1 aromatic heterocycles. The van der Waals surface area contributed by atoms with Crippen LogP contribution in [0.25, 0.3) is 0 Å². The van der Waals surface area contributed by atoms with Crippen LogP contribution in [0.1, 0.15) is 19.4 Å². The topological polar surface area (TPSA) is 109 Å². The Morgan fingerprint density at radius 3 is 2.68 bits per heavy atom. The molecule has 9 nitrogen and oxygen atoms in total. The third-order valence-electron chi connectivity index (χ3n) is 4.41. The second kappa shape index (κ2) is 7.10. The van der Waals surface area contributed by atoms with Gasteiger partial charge in [0.05, 0.1) is 0 Å². The Hall–Kier alpha value is -2.59. The fraction of sp³-hybridized carbons (Fsp3) is 0.444. The maximum absolute atomic E-state index is 12.4. The summed E-state index contributed by atoms with van der Waals surface area (Å²) in [4.78, 5) is 23.3. The molecule has 1 N–H and O–H groups in total. The van der Waals surface area contributed by atoms with E-state index in [-0.39, 0.29) is 18.8 Å². The first-order valence-electron chi connectivity index (χ1n) is 8.72. The van der Waals surface area contributed by atoms with Gasteiger partial charge in [0, 0.05) is 38.8 Å². The van der Waals surface area contributed by atoms with Crippen molar-refractivity contribution in [3.8, 4) is 11.5 Å². The van der Waals surface area contributed by atoms with Crippen LogP contribution in [0, 0.1) is 0 Å². The van der Waals surface area contributed by atoms with E-state index in [0.29, 0.717) is 11.5 Å². The average Bonchev–Trinajstić information content (AvgIpc) is 2.94. The lowest BCUT2D eigenvalue weighted by molar-refractivity contribution is 0.132. The van der Waals surface area contributed by atoms with E-state index in [4.69, 9.17) is 9.47 Å². The van der Waals surface area contributed by atoms with Crippen molar-refractivity contribution in [2.24, 2.45) is 14.1 Å².